The number of hydrogen-bond acceptors (Lipinski definition) is 8. The largest absolute Gasteiger partial charge is 0.462 e. The number of benzene rings is 2. The van der Waals surface area contributed by atoms with Gasteiger partial charge in [0.2, 0.25) is 5.91 Å². The Morgan fingerprint density at radius 1 is 1.11 bits per heavy atom. The van der Waals surface area contributed by atoms with Crippen LogP contribution in [0, 0.1) is 0 Å². The molecule has 0 radical (unpaired) electrons. The van der Waals surface area contributed by atoms with Crippen molar-refractivity contribution < 1.29 is 32.7 Å². The minimum Gasteiger partial charge on any atom is -0.462 e. The molecule has 0 aliphatic carbocycles. The number of aromatic nitrogens is 3. The maximum atomic E-state index is 13.6. The summed E-state index contributed by atoms with van der Waals surface area (Å²) in [6, 6.07) is 14.6. The van der Waals surface area contributed by atoms with Gasteiger partial charge < -0.3 is 24.5 Å². The molecule has 0 bridgehead atoms. The molecule has 4 N–H and O–H groups in total. The van der Waals surface area contributed by atoms with Crippen molar-refractivity contribution in [3.8, 4) is 5.75 Å². The Hall–Kier alpha value is -4.16. The van der Waals surface area contributed by atoms with E-state index < -0.39 is 19.8 Å². The summed E-state index contributed by atoms with van der Waals surface area (Å²) in [5.74, 6) is -0.902. The smallest absolute Gasteiger partial charge is 0.459 e. The molecule has 0 saturated carbocycles. The Morgan fingerprint density at radius 2 is 1.89 bits per heavy atom. The van der Waals surface area contributed by atoms with Crippen LogP contribution in [0.25, 0.3) is 10.9 Å². The van der Waals surface area contributed by atoms with Gasteiger partial charge in [0.1, 0.15) is 17.5 Å². The lowest BCUT2D eigenvalue weighted by molar-refractivity contribution is -0.149. The third kappa shape index (κ3) is 8.16. The van der Waals surface area contributed by atoms with Crippen molar-refractivity contribution in [1.29, 1.82) is 0 Å². The Kier molecular flexibility index (Phi) is 10.5. The first kappa shape index (κ1) is 33.2. The van der Waals surface area contributed by atoms with Gasteiger partial charge in [-0.15, -0.1) is 0 Å². The summed E-state index contributed by atoms with van der Waals surface area (Å²) in [5, 5.41) is 14.1. The monoisotopic (exact) mass is 670 g/mol. The molecule has 0 saturated heterocycles. The number of esters is 1. The Balaban J connectivity index is 1.16. The second-order valence-electron chi connectivity index (χ2n) is 11.1. The van der Waals surface area contributed by atoms with E-state index in [1.807, 2.05) is 12.1 Å². The molecule has 0 spiro atoms. The molecule has 4 aromatic rings. The Labute approximate surface area is 270 Å². The lowest BCUT2D eigenvalue weighted by Gasteiger charge is -2.27. The number of halogens is 1. The average Bonchev–Trinajstić information content (AvgIpc) is 3.64. The van der Waals surface area contributed by atoms with Gasteiger partial charge in [0.15, 0.2) is 0 Å². The molecule has 3 heterocycles. The summed E-state index contributed by atoms with van der Waals surface area (Å²) < 4.78 is 29.9. The number of aromatic amines is 2. The van der Waals surface area contributed by atoms with Gasteiger partial charge in [0.05, 0.1) is 31.4 Å². The summed E-state index contributed by atoms with van der Waals surface area (Å²) in [4.78, 5) is 43.3. The lowest BCUT2D eigenvalue weighted by Crippen LogP contribution is -2.36. The number of fused-ring (bicyclic) bond motifs is 2. The van der Waals surface area contributed by atoms with E-state index in [-0.39, 0.29) is 43.2 Å². The number of nitrogens with zero attached hydrogens (tertiary/aromatic N) is 2. The van der Waals surface area contributed by atoms with Crippen LogP contribution in [-0.4, -0.2) is 63.2 Å². The normalized spacial score (nSPS) is 14.8. The van der Waals surface area contributed by atoms with Gasteiger partial charge in [0, 0.05) is 46.7 Å². The van der Waals surface area contributed by atoms with Crippen LogP contribution in [0.4, 0.5) is 0 Å². The van der Waals surface area contributed by atoms with Crippen LogP contribution in [0.2, 0.25) is 5.02 Å². The SMILES string of the molecule is CC(C)OC(=O)[C@H](C)NP(=O)(OCCC(=O)NCc1n[nH]c2c1CN(C(=O)c1cc3c(Cl)cccc3[nH]1)CC2)Oc1ccccc1. The van der Waals surface area contributed by atoms with Gasteiger partial charge in [-0.1, -0.05) is 35.9 Å². The van der Waals surface area contributed by atoms with Crippen LogP contribution in [0.1, 0.15) is 54.6 Å². The summed E-state index contributed by atoms with van der Waals surface area (Å²) in [7, 11) is -4.08. The van der Waals surface area contributed by atoms with Crippen molar-refractivity contribution in [3.63, 3.8) is 0 Å². The first-order valence-electron chi connectivity index (χ1n) is 14.9. The van der Waals surface area contributed by atoms with Gasteiger partial charge in [-0.25, -0.2) is 4.57 Å². The molecule has 15 heteroatoms. The predicted octanol–water partition coefficient (Wildman–Crippen LogP) is 4.88. The van der Waals surface area contributed by atoms with E-state index in [1.165, 1.54) is 6.92 Å². The Bertz CT molecular complexity index is 1760. The molecule has 1 aliphatic rings. The molecule has 2 amide bonds. The van der Waals surface area contributed by atoms with E-state index in [2.05, 4.69) is 25.6 Å². The molecule has 13 nitrogen and oxygen atoms in total. The van der Waals surface area contributed by atoms with Crippen molar-refractivity contribution in [3.05, 3.63) is 82.3 Å². The molecule has 2 aromatic carbocycles. The fourth-order valence-electron chi connectivity index (χ4n) is 4.94. The van der Waals surface area contributed by atoms with E-state index in [4.69, 9.17) is 25.4 Å². The fourth-order valence-corrected chi connectivity index (χ4v) is 6.66. The van der Waals surface area contributed by atoms with Gasteiger partial charge >= 0.3 is 13.7 Å². The highest BCUT2D eigenvalue weighted by Gasteiger charge is 2.33. The molecular weight excluding hydrogens is 635 g/mol. The molecule has 0 fully saturated rings. The summed E-state index contributed by atoms with van der Waals surface area (Å²) in [6.07, 6.45) is 0.0806. The van der Waals surface area contributed by atoms with Crippen LogP contribution < -0.4 is 14.9 Å². The molecular formula is C31H36ClN6O7P. The van der Waals surface area contributed by atoms with Crippen LogP contribution >= 0.6 is 19.3 Å². The second kappa shape index (κ2) is 14.5. The summed E-state index contributed by atoms with van der Waals surface area (Å²) >= 11 is 6.29. The number of hydrogen-bond donors (Lipinski definition) is 4. The number of rotatable bonds is 13. The molecule has 5 rings (SSSR count). The molecule has 1 aliphatic heterocycles. The number of H-pyrrole nitrogens is 2. The number of nitrogens with one attached hydrogen (secondary N) is 4. The average molecular weight is 671 g/mol. The van der Waals surface area contributed by atoms with Crippen LogP contribution in [0.15, 0.2) is 54.6 Å². The highest BCUT2D eigenvalue weighted by Crippen LogP contribution is 2.45. The minimum atomic E-state index is -4.08. The quantitative estimate of drug-likeness (QED) is 0.114. The van der Waals surface area contributed by atoms with Crippen LogP contribution in [0.3, 0.4) is 0 Å². The lowest BCUT2D eigenvalue weighted by atomic mass is 10.0. The van der Waals surface area contributed by atoms with Crippen molar-refractivity contribution in [2.24, 2.45) is 0 Å². The number of carbonyl (C=O) groups excluding carboxylic acids is 3. The summed E-state index contributed by atoms with van der Waals surface area (Å²) in [6.45, 7) is 5.58. The number of carbonyl (C=O) groups is 3. The van der Waals surface area contributed by atoms with Gasteiger partial charge in [0.25, 0.3) is 5.91 Å². The van der Waals surface area contributed by atoms with Crippen molar-refractivity contribution in [2.45, 2.75) is 58.8 Å². The van der Waals surface area contributed by atoms with E-state index in [0.29, 0.717) is 35.9 Å². The van der Waals surface area contributed by atoms with Crippen molar-refractivity contribution in [1.82, 2.24) is 30.5 Å². The summed E-state index contributed by atoms with van der Waals surface area (Å²) in [5.41, 5.74) is 3.59. The first-order chi connectivity index (χ1) is 22.0. The van der Waals surface area contributed by atoms with E-state index in [9.17, 15) is 18.9 Å². The van der Waals surface area contributed by atoms with E-state index in [0.717, 1.165) is 22.2 Å². The maximum Gasteiger partial charge on any atom is 0.459 e. The second-order valence-corrected chi connectivity index (χ2v) is 13.2. The van der Waals surface area contributed by atoms with Crippen molar-refractivity contribution >= 4 is 48.0 Å². The van der Waals surface area contributed by atoms with E-state index >= 15 is 0 Å². The number of para-hydroxylation sites is 1. The van der Waals surface area contributed by atoms with Gasteiger partial charge in [-0.3, -0.25) is 24.0 Å². The maximum absolute atomic E-state index is 13.6. The van der Waals surface area contributed by atoms with Gasteiger partial charge in [-0.2, -0.15) is 10.2 Å². The Morgan fingerprint density at radius 3 is 2.63 bits per heavy atom. The fraction of sp³-hybridized carbons (Fsp3) is 0.355. The number of amides is 2. The van der Waals surface area contributed by atoms with E-state index in [1.54, 1.807) is 61.2 Å². The first-order valence-corrected chi connectivity index (χ1v) is 16.8. The highest BCUT2D eigenvalue weighted by molar-refractivity contribution is 7.52. The standard InChI is InChI=1S/C31H36ClN6O7P/c1-19(2)44-31(41)20(3)37-46(42,45-21-8-5-4-6-9-21)43-15-13-29(39)33-17-28-23-18-38(14-12-26(23)35-36-28)30(40)27-16-22-24(32)10-7-11-25(22)34-27/h4-11,16,19-20,34H,12-15,17-18H2,1-3H3,(H,33,39)(H,35,36)(H,37,42)/t20-,46?/m0/s1. The van der Waals surface area contributed by atoms with Crippen molar-refractivity contribution in [2.75, 3.05) is 13.2 Å². The molecule has 244 valence electrons. The molecule has 1 unspecified atom stereocenters. The van der Waals surface area contributed by atoms with Gasteiger partial charge in [-0.05, 0) is 51.1 Å². The zero-order valence-corrected chi connectivity index (χ0v) is 27.3. The predicted molar refractivity (Wildman–Crippen MR) is 171 cm³/mol. The zero-order valence-electron chi connectivity index (χ0n) is 25.7. The van der Waals surface area contributed by atoms with Crippen LogP contribution in [0.5, 0.6) is 5.75 Å². The third-order valence-electron chi connectivity index (χ3n) is 7.22. The highest BCUT2D eigenvalue weighted by atomic mass is 35.5. The number of ether oxygens (including phenoxy) is 1. The molecule has 2 aromatic heterocycles. The third-order valence-corrected chi connectivity index (χ3v) is 9.22. The minimum absolute atomic E-state index is 0.114. The topological polar surface area (TPSA) is 168 Å². The molecule has 46 heavy (non-hydrogen) atoms. The van der Waals surface area contributed by atoms with Crippen LogP contribution in [-0.2, 0) is 42.9 Å². The zero-order chi connectivity index (χ0) is 32.8. The molecule has 2 atom stereocenters.